The van der Waals surface area contributed by atoms with Gasteiger partial charge in [-0.3, -0.25) is 4.57 Å². The first-order chi connectivity index (χ1) is 11.5. The zero-order valence-electron chi connectivity index (χ0n) is 14.2. The van der Waals surface area contributed by atoms with Crippen LogP contribution < -0.4 is 5.73 Å². The minimum Gasteiger partial charge on any atom is -0.399 e. The van der Waals surface area contributed by atoms with Gasteiger partial charge in [0.1, 0.15) is 0 Å². The van der Waals surface area contributed by atoms with Gasteiger partial charge < -0.3 is 5.73 Å². The topological polar surface area (TPSA) is 43.8 Å². The molecular weight excluding hydrogens is 315 g/mol. The number of fused-ring (bicyclic) bond motifs is 1. The van der Waals surface area contributed by atoms with E-state index in [2.05, 4.69) is 4.98 Å². The van der Waals surface area contributed by atoms with Crippen molar-refractivity contribution in [1.82, 2.24) is 9.55 Å². The van der Waals surface area contributed by atoms with Crippen molar-refractivity contribution < 1.29 is 13.2 Å². The van der Waals surface area contributed by atoms with Crippen LogP contribution in [0.4, 0.5) is 18.9 Å². The van der Waals surface area contributed by atoms with Gasteiger partial charge in [0.2, 0.25) is 5.82 Å². The summed E-state index contributed by atoms with van der Waals surface area (Å²) in [7, 11) is 0. The lowest BCUT2D eigenvalue weighted by Crippen LogP contribution is -2.13. The molecule has 0 fully saturated rings. The lowest BCUT2D eigenvalue weighted by molar-refractivity contribution is -0.145. The lowest BCUT2D eigenvalue weighted by atomic mass is 10.2. The van der Waals surface area contributed by atoms with Crippen LogP contribution in [0.15, 0.2) is 48.5 Å². The van der Waals surface area contributed by atoms with Crippen LogP contribution in [0.2, 0.25) is 0 Å². The Morgan fingerprint density at radius 3 is 1.96 bits per heavy atom. The fraction of sp³-hybridized carbons (Fsp3) is 0.278. The van der Waals surface area contributed by atoms with Crippen molar-refractivity contribution in [3.05, 3.63) is 54.4 Å². The highest BCUT2D eigenvalue weighted by molar-refractivity contribution is 5.78. The number of imidazole rings is 1. The van der Waals surface area contributed by atoms with E-state index in [9.17, 15) is 13.2 Å². The van der Waals surface area contributed by atoms with Crippen molar-refractivity contribution >= 4 is 16.7 Å². The Morgan fingerprint density at radius 2 is 1.42 bits per heavy atom. The average Bonchev–Trinajstić information content (AvgIpc) is 2.99. The Morgan fingerprint density at radius 1 is 0.875 bits per heavy atom. The summed E-state index contributed by atoms with van der Waals surface area (Å²) in [4.78, 5) is 3.69. The zero-order chi connectivity index (χ0) is 18.3. The van der Waals surface area contributed by atoms with Crippen molar-refractivity contribution in [3.8, 4) is 5.69 Å². The first kappa shape index (κ1) is 19.5. The minimum absolute atomic E-state index is 0.302. The van der Waals surface area contributed by atoms with Gasteiger partial charge in [-0.2, -0.15) is 13.2 Å². The molecule has 3 rings (SSSR count). The molecule has 0 aliphatic rings. The molecule has 3 nitrogen and oxygen atoms in total. The molecule has 1 heterocycles. The van der Waals surface area contributed by atoms with Gasteiger partial charge in [-0.25, -0.2) is 4.98 Å². The third-order valence-electron chi connectivity index (χ3n) is 2.97. The number of alkyl halides is 3. The van der Waals surface area contributed by atoms with E-state index in [1.54, 1.807) is 48.5 Å². The Hall–Kier alpha value is -2.50. The third-order valence-corrected chi connectivity index (χ3v) is 2.97. The largest absolute Gasteiger partial charge is 0.450 e. The Balaban J connectivity index is 0.000000671. The number of nitrogens with zero attached hydrogens (tertiary/aromatic N) is 2. The summed E-state index contributed by atoms with van der Waals surface area (Å²) in [5, 5.41) is 0. The number of aromatic nitrogens is 2. The van der Waals surface area contributed by atoms with Crippen LogP contribution >= 0.6 is 0 Å². The van der Waals surface area contributed by atoms with Gasteiger partial charge in [-0.1, -0.05) is 39.8 Å². The summed E-state index contributed by atoms with van der Waals surface area (Å²) in [5.41, 5.74) is 7.15. The highest BCUT2D eigenvalue weighted by Crippen LogP contribution is 2.33. The van der Waals surface area contributed by atoms with Gasteiger partial charge in [0.25, 0.3) is 0 Å². The summed E-state index contributed by atoms with van der Waals surface area (Å²) in [6, 6.07) is 12.7. The molecule has 0 radical (unpaired) electrons. The molecule has 0 amide bonds. The zero-order valence-corrected chi connectivity index (χ0v) is 14.2. The molecule has 0 saturated carbocycles. The maximum atomic E-state index is 13.1. The van der Waals surface area contributed by atoms with E-state index in [0.717, 1.165) is 4.57 Å². The van der Waals surface area contributed by atoms with Crippen molar-refractivity contribution in [3.63, 3.8) is 0 Å². The number of hydrogen-bond acceptors (Lipinski definition) is 2. The molecule has 6 heteroatoms. The van der Waals surface area contributed by atoms with Gasteiger partial charge in [0.05, 0.1) is 11.0 Å². The molecule has 2 aromatic carbocycles. The molecule has 3 aromatic rings. The SMILES string of the molecule is CC.CC.Nc1ccc(-n2c(C(F)(F)F)nc3ccccc32)cc1. The van der Waals surface area contributed by atoms with Crippen LogP contribution in [-0.4, -0.2) is 9.55 Å². The van der Waals surface area contributed by atoms with E-state index in [4.69, 9.17) is 5.73 Å². The summed E-state index contributed by atoms with van der Waals surface area (Å²) >= 11 is 0. The Labute approximate surface area is 139 Å². The van der Waals surface area contributed by atoms with Gasteiger partial charge in [-0.15, -0.1) is 0 Å². The number of para-hydroxylation sites is 2. The van der Waals surface area contributed by atoms with Crippen LogP contribution in [0.5, 0.6) is 0 Å². The molecule has 24 heavy (non-hydrogen) atoms. The van der Waals surface area contributed by atoms with Crippen LogP contribution in [-0.2, 0) is 6.18 Å². The van der Waals surface area contributed by atoms with Gasteiger partial charge >= 0.3 is 6.18 Å². The van der Waals surface area contributed by atoms with E-state index >= 15 is 0 Å². The summed E-state index contributed by atoms with van der Waals surface area (Å²) < 4.78 is 40.5. The second-order valence-electron chi connectivity index (χ2n) is 4.35. The van der Waals surface area contributed by atoms with Crippen molar-refractivity contribution in [2.45, 2.75) is 33.9 Å². The molecule has 0 aliphatic heterocycles. The molecule has 0 atom stereocenters. The van der Waals surface area contributed by atoms with Crippen LogP contribution in [0, 0.1) is 0 Å². The first-order valence-electron chi connectivity index (χ1n) is 7.87. The summed E-state index contributed by atoms with van der Waals surface area (Å²) in [6.45, 7) is 8.00. The molecule has 0 spiro atoms. The molecule has 0 bridgehead atoms. The van der Waals surface area contributed by atoms with Crippen molar-refractivity contribution in [1.29, 1.82) is 0 Å². The molecule has 130 valence electrons. The van der Waals surface area contributed by atoms with Gasteiger partial charge in [0, 0.05) is 11.4 Å². The number of nitrogen functional groups attached to an aromatic ring is 1. The molecule has 0 aliphatic carbocycles. The molecular formula is C18H22F3N3. The van der Waals surface area contributed by atoms with Gasteiger partial charge in [0.15, 0.2) is 0 Å². The standard InChI is InChI=1S/C14H10F3N3.2C2H6/c15-14(16,17)13-19-11-3-1-2-4-12(11)20(13)10-7-5-9(18)6-8-10;2*1-2/h1-8H,18H2;2*1-2H3. The lowest BCUT2D eigenvalue weighted by Gasteiger charge is -2.11. The molecule has 0 unspecified atom stereocenters. The normalized spacial score (nSPS) is 10.5. The summed E-state index contributed by atoms with van der Waals surface area (Å²) in [5.74, 6) is -0.941. The average molecular weight is 337 g/mol. The molecule has 1 aromatic heterocycles. The quantitative estimate of drug-likeness (QED) is 0.581. The predicted octanol–water partition coefficient (Wildman–Crippen LogP) is 5.68. The van der Waals surface area contributed by atoms with Crippen LogP contribution in [0.1, 0.15) is 33.5 Å². The maximum absolute atomic E-state index is 13.1. The Kier molecular flexibility index (Phi) is 6.82. The number of halogens is 3. The predicted molar refractivity (Wildman–Crippen MR) is 93.2 cm³/mol. The second-order valence-corrected chi connectivity index (χ2v) is 4.35. The number of benzene rings is 2. The first-order valence-corrected chi connectivity index (χ1v) is 7.87. The number of hydrogen-bond donors (Lipinski definition) is 1. The van der Waals surface area contributed by atoms with Crippen molar-refractivity contribution in [2.24, 2.45) is 0 Å². The van der Waals surface area contributed by atoms with Crippen LogP contribution in [0.3, 0.4) is 0 Å². The minimum atomic E-state index is -4.53. The molecule has 0 saturated heterocycles. The smallest absolute Gasteiger partial charge is 0.399 e. The Bertz CT molecular complexity index is 759. The number of nitrogens with two attached hydrogens (primary N) is 1. The van der Waals surface area contributed by atoms with Gasteiger partial charge in [-0.05, 0) is 36.4 Å². The number of rotatable bonds is 1. The maximum Gasteiger partial charge on any atom is 0.450 e. The van der Waals surface area contributed by atoms with Crippen molar-refractivity contribution in [2.75, 3.05) is 5.73 Å². The summed E-state index contributed by atoms with van der Waals surface area (Å²) in [6.07, 6.45) is -4.53. The van der Waals surface area contributed by atoms with E-state index in [0.29, 0.717) is 22.4 Å². The highest BCUT2D eigenvalue weighted by atomic mass is 19.4. The van der Waals surface area contributed by atoms with E-state index in [1.165, 1.54) is 0 Å². The monoisotopic (exact) mass is 337 g/mol. The fourth-order valence-corrected chi connectivity index (χ4v) is 2.10. The van der Waals surface area contributed by atoms with E-state index in [1.807, 2.05) is 27.7 Å². The van der Waals surface area contributed by atoms with E-state index < -0.39 is 12.0 Å². The second kappa shape index (κ2) is 8.38. The third kappa shape index (κ3) is 4.07. The molecule has 2 N–H and O–H groups in total. The number of anilines is 1. The fourth-order valence-electron chi connectivity index (χ4n) is 2.10. The van der Waals surface area contributed by atoms with Crippen LogP contribution in [0.25, 0.3) is 16.7 Å². The van der Waals surface area contributed by atoms with E-state index in [-0.39, 0.29) is 0 Å². The highest BCUT2D eigenvalue weighted by Gasteiger charge is 2.37.